The highest BCUT2D eigenvalue weighted by molar-refractivity contribution is 5.52. The molecule has 0 aromatic carbocycles. The second-order valence-corrected chi connectivity index (χ2v) is 5.45. The van der Waals surface area contributed by atoms with Crippen molar-refractivity contribution < 1.29 is 4.92 Å². The van der Waals surface area contributed by atoms with Crippen LogP contribution in [0.15, 0.2) is 12.1 Å². The fraction of sp³-hybridized carbons (Fsp3) is 0.571. The van der Waals surface area contributed by atoms with Gasteiger partial charge in [-0.25, -0.2) is 4.98 Å². The largest absolute Gasteiger partial charge is 0.353 e. The molecule has 21 heavy (non-hydrogen) atoms. The number of nitro groups is 1. The molecule has 0 amide bonds. The van der Waals surface area contributed by atoms with Crippen molar-refractivity contribution in [3.05, 3.63) is 27.9 Å². The third-order valence-electron chi connectivity index (χ3n) is 3.66. The highest BCUT2D eigenvalue weighted by atomic mass is 16.6. The van der Waals surface area contributed by atoms with Crippen LogP contribution in [-0.2, 0) is 0 Å². The lowest BCUT2D eigenvalue weighted by atomic mass is 10.2. The SMILES string of the molecule is CC(C)N(CC1CCCN1)c1ccc([N+](=O)[O-])c(C#N)n1. The second-order valence-electron chi connectivity index (χ2n) is 5.45. The molecule has 1 atom stereocenters. The molecule has 1 saturated heterocycles. The Labute approximate surface area is 123 Å². The average Bonchev–Trinajstić information content (AvgIpc) is 2.96. The van der Waals surface area contributed by atoms with Crippen LogP contribution in [0.5, 0.6) is 0 Å². The van der Waals surface area contributed by atoms with Gasteiger partial charge >= 0.3 is 5.69 Å². The van der Waals surface area contributed by atoms with Gasteiger partial charge in [-0.05, 0) is 39.3 Å². The van der Waals surface area contributed by atoms with E-state index in [4.69, 9.17) is 5.26 Å². The highest BCUT2D eigenvalue weighted by Gasteiger charge is 2.23. The number of pyridine rings is 1. The molecule has 1 aromatic heterocycles. The summed E-state index contributed by atoms with van der Waals surface area (Å²) in [6.07, 6.45) is 2.27. The summed E-state index contributed by atoms with van der Waals surface area (Å²) >= 11 is 0. The number of nitriles is 1. The molecule has 1 aliphatic rings. The monoisotopic (exact) mass is 289 g/mol. The molecule has 1 unspecified atom stereocenters. The van der Waals surface area contributed by atoms with Gasteiger partial charge in [-0.3, -0.25) is 10.1 Å². The zero-order valence-electron chi connectivity index (χ0n) is 12.2. The fourth-order valence-electron chi connectivity index (χ4n) is 2.55. The molecular formula is C14H19N5O2. The van der Waals surface area contributed by atoms with Crippen LogP contribution in [-0.4, -0.2) is 35.1 Å². The summed E-state index contributed by atoms with van der Waals surface area (Å²) in [4.78, 5) is 16.5. The van der Waals surface area contributed by atoms with Crippen LogP contribution in [0.2, 0.25) is 0 Å². The number of hydrogen-bond acceptors (Lipinski definition) is 6. The predicted molar refractivity (Wildman–Crippen MR) is 79.1 cm³/mol. The summed E-state index contributed by atoms with van der Waals surface area (Å²) < 4.78 is 0. The van der Waals surface area contributed by atoms with E-state index in [1.165, 1.54) is 6.07 Å². The van der Waals surface area contributed by atoms with E-state index in [0.717, 1.165) is 25.9 Å². The van der Waals surface area contributed by atoms with Crippen LogP contribution in [0.25, 0.3) is 0 Å². The Kier molecular flexibility index (Phi) is 4.70. The number of rotatable bonds is 5. The number of nitrogens with zero attached hydrogens (tertiary/aromatic N) is 4. The van der Waals surface area contributed by atoms with E-state index in [0.29, 0.717) is 11.9 Å². The maximum atomic E-state index is 10.9. The molecule has 0 radical (unpaired) electrons. The number of anilines is 1. The second kappa shape index (κ2) is 6.50. The van der Waals surface area contributed by atoms with Gasteiger partial charge in [0.05, 0.1) is 4.92 Å². The minimum Gasteiger partial charge on any atom is -0.353 e. The van der Waals surface area contributed by atoms with Crippen LogP contribution >= 0.6 is 0 Å². The molecule has 0 spiro atoms. The third kappa shape index (κ3) is 3.47. The van der Waals surface area contributed by atoms with Crippen molar-refractivity contribution in [2.75, 3.05) is 18.0 Å². The van der Waals surface area contributed by atoms with Gasteiger partial charge in [0.2, 0.25) is 5.69 Å². The molecule has 0 aliphatic carbocycles. The van der Waals surface area contributed by atoms with Gasteiger partial charge in [0.25, 0.3) is 0 Å². The van der Waals surface area contributed by atoms with Crippen LogP contribution in [0.3, 0.4) is 0 Å². The molecule has 112 valence electrons. The Morgan fingerprint density at radius 2 is 2.38 bits per heavy atom. The first-order valence-corrected chi connectivity index (χ1v) is 7.08. The molecule has 1 N–H and O–H groups in total. The smallest absolute Gasteiger partial charge is 0.305 e. The summed E-state index contributed by atoms with van der Waals surface area (Å²) in [5.41, 5.74) is -0.383. The van der Waals surface area contributed by atoms with E-state index in [1.807, 2.05) is 19.9 Å². The summed E-state index contributed by atoms with van der Waals surface area (Å²) in [5, 5.41) is 23.3. The minimum atomic E-state index is -0.576. The predicted octanol–water partition coefficient (Wildman–Crippen LogP) is 1.83. The van der Waals surface area contributed by atoms with Crippen molar-refractivity contribution in [1.29, 1.82) is 5.26 Å². The summed E-state index contributed by atoms with van der Waals surface area (Å²) in [7, 11) is 0. The quantitative estimate of drug-likeness (QED) is 0.656. The lowest BCUT2D eigenvalue weighted by molar-refractivity contribution is -0.385. The number of hydrogen-bond donors (Lipinski definition) is 1. The molecule has 1 fully saturated rings. The number of aromatic nitrogens is 1. The summed E-state index contributed by atoms with van der Waals surface area (Å²) in [5.74, 6) is 0.612. The molecule has 0 saturated carbocycles. The average molecular weight is 289 g/mol. The molecule has 1 aromatic rings. The van der Waals surface area contributed by atoms with E-state index >= 15 is 0 Å². The van der Waals surface area contributed by atoms with E-state index in [2.05, 4.69) is 15.2 Å². The number of nitrogens with one attached hydrogen (secondary N) is 1. The Balaban J connectivity index is 2.27. The lowest BCUT2D eigenvalue weighted by Crippen LogP contribution is -2.41. The maximum absolute atomic E-state index is 10.9. The standard InChI is InChI=1S/C14H19N5O2/c1-10(2)18(9-11-4-3-7-16-11)14-6-5-13(19(20)21)12(8-15)17-14/h5-6,10-11,16H,3-4,7,9H2,1-2H3. The normalized spacial score (nSPS) is 17.7. The molecule has 2 rings (SSSR count). The first kappa shape index (κ1) is 15.2. The van der Waals surface area contributed by atoms with Gasteiger partial charge < -0.3 is 10.2 Å². The topological polar surface area (TPSA) is 95.1 Å². The molecule has 1 aliphatic heterocycles. The Morgan fingerprint density at radius 1 is 1.62 bits per heavy atom. The zero-order valence-corrected chi connectivity index (χ0v) is 12.2. The van der Waals surface area contributed by atoms with Crippen molar-refractivity contribution in [2.24, 2.45) is 0 Å². The summed E-state index contributed by atoms with van der Waals surface area (Å²) in [6.45, 7) is 5.90. The van der Waals surface area contributed by atoms with Gasteiger partial charge in [-0.1, -0.05) is 0 Å². The van der Waals surface area contributed by atoms with Gasteiger partial charge in [0.1, 0.15) is 11.9 Å². The van der Waals surface area contributed by atoms with Crippen molar-refractivity contribution in [2.45, 2.75) is 38.8 Å². The van der Waals surface area contributed by atoms with Crippen molar-refractivity contribution in [3.63, 3.8) is 0 Å². The van der Waals surface area contributed by atoms with E-state index in [-0.39, 0.29) is 17.4 Å². The van der Waals surface area contributed by atoms with Crippen LogP contribution in [0.4, 0.5) is 11.5 Å². The molecule has 7 nitrogen and oxygen atoms in total. The van der Waals surface area contributed by atoms with E-state index in [9.17, 15) is 10.1 Å². The first-order chi connectivity index (χ1) is 10.0. The van der Waals surface area contributed by atoms with Crippen molar-refractivity contribution in [3.8, 4) is 6.07 Å². The van der Waals surface area contributed by atoms with Crippen LogP contribution in [0, 0.1) is 21.4 Å². The fourth-order valence-corrected chi connectivity index (χ4v) is 2.55. The highest BCUT2D eigenvalue weighted by Crippen LogP contribution is 2.23. The lowest BCUT2D eigenvalue weighted by Gasteiger charge is -2.30. The van der Waals surface area contributed by atoms with Crippen LogP contribution in [0.1, 0.15) is 32.4 Å². The minimum absolute atomic E-state index is 0.137. The first-order valence-electron chi connectivity index (χ1n) is 7.08. The molecule has 2 heterocycles. The van der Waals surface area contributed by atoms with E-state index < -0.39 is 4.92 Å². The van der Waals surface area contributed by atoms with Crippen LogP contribution < -0.4 is 10.2 Å². The third-order valence-corrected chi connectivity index (χ3v) is 3.66. The Hall–Kier alpha value is -2.20. The van der Waals surface area contributed by atoms with Gasteiger partial charge in [0.15, 0.2) is 0 Å². The van der Waals surface area contributed by atoms with Crippen molar-refractivity contribution in [1.82, 2.24) is 10.3 Å². The maximum Gasteiger partial charge on any atom is 0.305 e. The Morgan fingerprint density at radius 3 is 2.90 bits per heavy atom. The van der Waals surface area contributed by atoms with E-state index in [1.54, 1.807) is 6.07 Å². The Bertz CT molecular complexity index is 561. The molecule has 0 bridgehead atoms. The van der Waals surface area contributed by atoms with Gasteiger partial charge in [0, 0.05) is 24.7 Å². The van der Waals surface area contributed by atoms with Gasteiger partial charge in [-0.15, -0.1) is 0 Å². The van der Waals surface area contributed by atoms with Gasteiger partial charge in [-0.2, -0.15) is 5.26 Å². The molecule has 7 heteroatoms. The van der Waals surface area contributed by atoms with Crippen molar-refractivity contribution >= 4 is 11.5 Å². The summed E-state index contributed by atoms with van der Waals surface area (Å²) in [6, 6.07) is 5.39. The zero-order chi connectivity index (χ0) is 15.4. The molecular weight excluding hydrogens is 270 g/mol.